The van der Waals surface area contributed by atoms with Gasteiger partial charge in [-0.25, -0.2) is 14.4 Å². The maximum absolute atomic E-state index is 13.5. The molecule has 0 bridgehead atoms. The second kappa shape index (κ2) is 4.16. The average molecular weight is 273 g/mol. The standard InChI is InChI=1S/C15H16FN3O/c1-8-11(16)13(17)19-14(18-8)10-6-4-5-9-7-15(2,3)20-12(9)10/h4-6H,7H2,1-3H3,(H2,17,18,19). The van der Waals surface area contributed by atoms with Crippen molar-refractivity contribution < 1.29 is 9.13 Å². The topological polar surface area (TPSA) is 61.0 Å². The van der Waals surface area contributed by atoms with Gasteiger partial charge in [-0.3, -0.25) is 0 Å². The monoisotopic (exact) mass is 273 g/mol. The van der Waals surface area contributed by atoms with Gasteiger partial charge >= 0.3 is 0 Å². The molecule has 2 aromatic rings. The Balaban J connectivity index is 2.16. The summed E-state index contributed by atoms with van der Waals surface area (Å²) in [6.07, 6.45) is 0.825. The van der Waals surface area contributed by atoms with Crippen molar-refractivity contribution in [2.75, 3.05) is 5.73 Å². The lowest BCUT2D eigenvalue weighted by molar-refractivity contribution is 0.139. The molecule has 20 heavy (non-hydrogen) atoms. The Morgan fingerprint density at radius 1 is 1.30 bits per heavy atom. The van der Waals surface area contributed by atoms with E-state index in [0.717, 1.165) is 23.3 Å². The zero-order chi connectivity index (χ0) is 14.5. The van der Waals surface area contributed by atoms with Gasteiger partial charge in [-0.15, -0.1) is 0 Å². The quantitative estimate of drug-likeness (QED) is 0.867. The smallest absolute Gasteiger partial charge is 0.186 e. The number of halogens is 1. The summed E-state index contributed by atoms with van der Waals surface area (Å²) in [5.74, 6) is 0.462. The van der Waals surface area contributed by atoms with Crippen LogP contribution >= 0.6 is 0 Å². The van der Waals surface area contributed by atoms with Gasteiger partial charge in [0.1, 0.15) is 11.4 Å². The molecule has 104 valence electrons. The first-order valence-corrected chi connectivity index (χ1v) is 6.48. The fourth-order valence-electron chi connectivity index (χ4n) is 2.49. The number of ether oxygens (including phenoxy) is 1. The lowest BCUT2D eigenvalue weighted by Crippen LogP contribution is -2.24. The number of nitrogens with zero attached hydrogens (tertiary/aromatic N) is 2. The minimum Gasteiger partial charge on any atom is -0.486 e. The molecule has 0 amide bonds. The highest BCUT2D eigenvalue weighted by atomic mass is 19.1. The predicted molar refractivity (Wildman–Crippen MR) is 75.0 cm³/mol. The van der Waals surface area contributed by atoms with Crippen LogP contribution in [0.1, 0.15) is 25.1 Å². The first kappa shape index (κ1) is 12.8. The Kier molecular flexibility index (Phi) is 2.67. The second-order valence-corrected chi connectivity index (χ2v) is 5.66. The lowest BCUT2D eigenvalue weighted by Gasteiger charge is -2.18. The van der Waals surface area contributed by atoms with E-state index in [1.165, 1.54) is 0 Å². The third kappa shape index (κ3) is 1.99. The van der Waals surface area contributed by atoms with Gasteiger partial charge in [0, 0.05) is 6.42 Å². The lowest BCUT2D eigenvalue weighted by atomic mass is 10.0. The second-order valence-electron chi connectivity index (χ2n) is 5.66. The van der Waals surface area contributed by atoms with E-state index >= 15 is 0 Å². The van der Waals surface area contributed by atoms with Crippen LogP contribution < -0.4 is 10.5 Å². The van der Waals surface area contributed by atoms with Gasteiger partial charge in [0.05, 0.1) is 11.3 Å². The minimum atomic E-state index is -0.567. The number of aryl methyl sites for hydroxylation is 1. The van der Waals surface area contributed by atoms with Crippen LogP contribution in [0.3, 0.4) is 0 Å². The van der Waals surface area contributed by atoms with E-state index in [1.807, 2.05) is 32.0 Å². The summed E-state index contributed by atoms with van der Waals surface area (Å²) in [4.78, 5) is 8.22. The van der Waals surface area contributed by atoms with Crippen LogP contribution in [0.4, 0.5) is 10.2 Å². The fraction of sp³-hybridized carbons (Fsp3) is 0.333. The van der Waals surface area contributed by atoms with Gasteiger partial charge in [0.2, 0.25) is 0 Å². The third-order valence-corrected chi connectivity index (χ3v) is 3.37. The first-order chi connectivity index (χ1) is 9.37. The molecule has 0 fully saturated rings. The van der Waals surface area contributed by atoms with E-state index in [2.05, 4.69) is 9.97 Å². The summed E-state index contributed by atoms with van der Waals surface area (Å²) in [5, 5.41) is 0. The molecule has 0 saturated heterocycles. The van der Waals surface area contributed by atoms with E-state index in [-0.39, 0.29) is 17.1 Å². The molecule has 3 rings (SSSR count). The number of para-hydroxylation sites is 1. The molecule has 1 aromatic carbocycles. The molecule has 0 saturated carbocycles. The van der Waals surface area contributed by atoms with Crippen LogP contribution in [0, 0.1) is 12.7 Å². The largest absolute Gasteiger partial charge is 0.486 e. The molecule has 0 radical (unpaired) electrons. The molecule has 4 nitrogen and oxygen atoms in total. The van der Waals surface area contributed by atoms with E-state index in [0.29, 0.717) is 5.82 Å². The Bertz CT molecular complexity index is 675. The number of hydrogen-bond donors (Lipinski definition) is 1. The predicted octanol–water partition coefficient (Wildman–Crippen LogP) is 2.89. The summed E-state index contributed by atoms with van der Waals surface area (Å²) < 4.78 is 19.5. The minimum absolute atomic E-state index is 0.137. The first-order valence-electron chi connectivity index (χ1n) is 6.48. The molecule has 0 spiro atoms. The molecular formula is C15H16FN3O. The van der Waals surface area contributed by atoms with Gasteiger partial charge in [0.25, 0.3) is 0 Å². The van der Waals surface area contributed by atoms with Crippen molar-refractivity contribution in [2.45, 2.75) is 32.8 Å². The molecule has 2 heterocycles. The van der Waals surface area contributed by atoms with Crippen LogP contribution in [0.15, 0.2) is 18.2 Å². The molecule has 1 aromatic heterocycles. The Morgan fingerprint density at radius 2 is 2.05 bits per heavy atom. The van der Waals surface area contributed by atoms with Crippen molar-refractivity contribution in [1.82, 2.24) is 9.97 Å². The van der Waals surface area contributed by atoms with Crippen LogP contribution in [-0.4, -0.2) is 15.6 Å². The number of aromatic nitrogens is 2. The Labute approximate surface area is 116 Å². The van der Waals surface area contributed by atoms with Crippen LogP contribution in [0.5, 0.6) is 5.75 Å². The van der Waals surface area contributed by atoms with Crippen molar-refractivity contribution >= 4 is 5.82 Å². The highest BCUT2D eigenvalue weighted by Gasteiger charge is 2.32. The molecule has 1 aliphatic rings. The van der Waals surface area contributed by atoms with E-state index in [4.69, 9.17) is 10.5 Å². The summed E-state index contributed by atoms with van der Waals surface area (Å²) in [7, 11) is 0. The van der Waals surface area contributed by atoms with Crippen LogP contribution in [-0.2, 0) is 6.42 Å². The van der Waals surface area contributed by atoms with E-state index in [1.54, 1.807) is 6.92 Å². The fourth-order valence-corrected chi connectivity index (χ4v) is 2.49. The zero-order valence-corrected chi connectivity index (χ0v) is 11.7. The van der Waals surface area contributed by atoms with Crippen molar-refractivity contribution in [2.24, 2.45) is 0 Å². The Morgan fingerprint density at radius 3 is 2.75 bits per heavy atom. The van der Waals surface area contributed by atoms with E-state index < -0.39 is 5.82 Å². The average Bonchev–Trinajstić information content (AvgIpc) is 2.68. The van der Waals surface area contributed by atoms with Crippen molar-refractivity contribution in [3.8, 4) is 17.1 Å². The molecule has 2 N–H and O–H groups in total. The number of rotatable bonds is 1. The summed E-state index contributed by atoms with van der Waals surface area (Å²) >= 11 is 0. The van der Waals surface area contributed by atoms with Crippen molar-refractivity contribution in [3.05, 3.63) is 35.3 Å². The maximum atomic E-state index is 13.5. The number of anilines is 1. The van der Waals surface area contributed by atoms with E-state index in [9.17, 15) is 4.39 Å². The summed E-state index contributed by atoms with van der Waals surface area (Å²) in [5.41, 5.74) is 7.44. The number of hydrogen-bond acceptors (Lipinski definition) is 4. The third-order valence-electron chi connectivity index (χ3n) is 3.37. The number of nitrogens with two attached hydrogens (primary N) is 1. The normalized spacial score (nSPS) is 15.8. The highest BCUT2D eigenvalue weighted by molar-refractivity contribution is 5.69. The van der Waals surface area contributed by atoms with Crippen molar-refractivity contribution in [3.63, 3.8) is 0 Å². The van der Waals surface area contributed by atoms with Crippen molar-refractivity contribution in [1.29, 1.82) is 0 Å². The molecule has 1 aliphatic heterocycles. The number of nitrogen functional groups attached to an aromatic ring is 1. The molecule has 5 heteroatoms. The van der Waals surface area contributed by atoms with Gasteiger partial charge in [0.15, 0.2) is 17.5 Å². The van der Waals surface area contributed by atoms with Gasteiger partial charge in [-0.05, 0) is 32.4 Å². The molecule has 0 atom stereocenters. The summed E-state index contributed by atoms with van der Waals surface area (Å²) in [6, 6.07) is 5.82. The van der Waals surface area contributed by atoms with Crippen LogP contribution in [0.25, 0.3) is 11.4 Å². The SMILES string of the molecule is Cc1nc(-c2cccc3c2OC(C)(C)C3)nc(N)c1F. The highest BCUT2D eigenvalue weighted by Crippen LogP contribution is 2.41. The molecule has 0 unspecified atom stereocenters. The number of fused-ring (bicyclic) bond motifs is 1. The molecular weight excluding hydrogens is 257 g/mol. The van der Waals surface area contributed by atoms with Gasteiger partial charge in [-0.2, -0.15) is 0 Å². The Hall–Kier alpha value is -2.17. The summed E-state index contributed by atoms with van der Waals surface area (Å²) in [6.45, 7) is 5.63. The van der Waals surface area contributed by atoms with Gasteiger partial charge in [-0.1, -0.05) is 12.1 Å². The maximum Gasteiger partial charge on any atom is 0.186 e. The number of benzene rings is 1. The van der Waals surface area contributed by atoms with Gasteiger partial charge < -0.3 is 10.5 Å². The van der Waals surface area contributed by atoms with Crippen LogP contribution in [0.2, 0.25) is 0 Å². The zero-order valence-electron chi connectivity index (χ0n) is 11.7. The molecule has 0 aliphatic carbocycles.